The highest BCUT2D eigenvalue weighted by Gasteiger charge is 2.47. The molecule has 2 N–H and O–H groups in total. The fraction of sp³-hybridized carbons (Fsp3) is 0.600. The first kappa shape index (κ1) is 19.3. The van der Waals surface area contributed by atoms with Gasteiger partial charge in [0.05, 0.1) is 23.7 Å². The molecule has 0 radical (unpaired) electrons. The number of methoxy groups -OCH3 is 1. The van der Waals surface area contributed by atoms with E-state index in [1.54, 1.807) is 18.0 Å². The van der Waals surface area contributed by atoms with Crippen molar-refractivity contribution in [1.82, 2.24) is 29.9 Å². The summed E-state index contributed by atoms with van der Waals surface area (Å²) in [4.78, 5) is 9.61. The maximum Gasteiger partial charge on any atom is 0.252 e. The standard InChI is InChI=1S/C20H25F2N7O/c1-11-7-16(28-27-11)24-18-15-10-23-29(13-8-20(21,22)9-13)19(15)26-17(25-18)12-3-5-14(30-2)6-4-12/h7,10,12-14H,3-6,8-9H2,1-2H3,(H2,24,25,26,27,28)/t12-,14+. The van der Waals surface area contributed by atoms with Crippen LogP contribution < -0.4 is 5.32 Å². The molecule has 0 saturated heterocycles. The highest BCUT2D eigenvalue weighted by molar-refractivity contribution is 5.88. The molecule has 0 amide bonds. The zero-order valence-electron chi connectivity index (χ0n) is 17.0. The molecule has 0 unspecified atom stereocenters. The third-order valence-electron chi connectivity index (χ3n) is 6.21. The summed E-state index contributed by atoms with van der Waals surface area (Å²) in [5.41, 5.74) is 1.53. The average Bonchev–Trinajstić information content (AvgIpc) is 3.32. The molecule has 3 aromatic rings. The molecule has 2 saturated carbocycles. The van der Waals surface area contributed by atoms with Crippen molar-refractivity contribution < 1.29 is 13.5 Å². The number of hydrogen-bond acceptors (Lipinski definition) is 6. The molecule has 10 heteroatoms. The van der Waals surface area contributed by atoms with Crippen molar-refractivity contribution in [3.05, 3.63) is 23.8 Å². The molecule has 2 aliphatic carbocycles. The Kier molecular flexibility index (Phi) is 4.68. The molecule has 2 aliphatic rings. The highest BCUT2D eigenvalue weighted by Crippen LogP contribution is 2.46. The molecular weight excluding hydrogens is 392 g/mol. The lowest BCUT2D eigenvalue weighted by Crippen LogP contribution is -2.37. The molecule has 0 atom stereocenters. The van der Waals surface area contributed by atoms with Crippen LogP contribution in [0.15, 0.2) is 12.3 Å². The third kappa shape index (κ3) is 3.53. The first-order chi connectivity index (χ1) is 14.4. The van der Waals surface area contributed by atoms with Gasteiger partial charge >= 0.3 is 0 Å². The summed E-state index contributed by atoms with van der Waals surface area (Å²) < 4.78 is 34.1. The summed E-state index contributed by atoms with van der Waals surface area (Å²) in [7, 11) is 1.74. The number of hydrogen-bond donors (Lipinski definition) is 2. The molecule has 2 fully saturated rings. The number of halogens is 2. The number of aromatic nitrogens is 6. The molecule has 0 bridgehead atoms. The first-order valence-corrected chi connectivity index (χ1v) is 10.4. The van der Waals surface area contributed by atoms with Crippen LogP contribution in [0.5, 0.6) is 0 Å². The van der Waals surface area contributed by atoms with Gasteiger partial charge in [0, 0.05) is 37.6 Å². The minimum atomic E-state index is -2.62. The van der Waals surface area contributed by atoms with Crippen LogP contribution >= 0.6 is 0 Å². The van der Waals surface area contributed by atoms with Crippen molar-refractivity contribution >= 4 is 22.7 Å². The number of fused-ring (bicyclic) bond motifs is 1. The summed E-state index contributed by atoms with van der Waals surface area (Å²) in [6.07, 6.45) is 5.29. The van der Waals surface area contributed by atoms with E-state index in [0.717, 1.165) is 37.2 Å². The number of rotatable bonds is 5. The second-order valence-electron chi connectivity index (χ2n) is 8.45. The maximum absolute atomic E-state index is 13.5. The fourth-order valence-electron chi connectivity index (χ4n) is 4.45. The number of nitrogens with zero attached hydrogens (tertiary/aromatic N) is 5. The van der Waals surface area contributed by atoms with E-state index in [-0.39, 0.29) is 30.9 Å². The van der Waals surface area contributed by atoms with Crippen molar-refractivity contribution in [2.24, 2.45) is 0 Å². The van der Waals surface area contributed by atoms with Gasteiger partial charge in [-0.1, -0.05) is 0 Å². The van der Waals surface area contributed by atoms with Crippen LogP contribution in [0.25, 0.3) is 11.0 Å². The van der Waals surface area contributed by atoms with Crippen LogP contribution in [0.2, 0.25) is 0 Å². The van der Waals surface area contributed by atoms with E-state index in [0.29, 0.717) is 22.7 Å². The fourth-order valence-corrected chi connectivity index (χ4v) is 4.45. The number of aryl methyl sites for hydroxylation is 1. The molecule has 30 heavy (non-hydrogen) atoms. The van der Waals surface area contributed by atoms with E-state index in [1.807, 2.05) is 13.0 Å². The monoisotopic (exact) mass is 417 g/mol. The smallest absolute Gasteiger partial charge is 0.252 e. The van der Waals surface area contributed by atoms with Gasteiger partial charge in [0.25, 0.3) is 5.92 Å². The number of H-pyrrole nitrogens is 1. The Hall–Kier alpha value is -2.62. The van der Waals surface area contributed by atoms with Gasteiger partial charge in [0.2, 0.25) is 0 Å². The van der Waals surface area contributed by atoms with Crippen LogP contribution in [-0.2, 0) is 4.74 Å². The minimum absolute atomic E-state index is 0.202. The normalized spacial score (nSPS) is 24.1. The number of aromatic amines is 1. The summed E-state index contributed by atoms with van der Waals surface area (Å²) in [5.74, 6) is -0.449. The highest BCUT2D eigenvalue weighted by atomic mass is 19.3. The predicted octanol–water partition coefficient (Wildman–Crippen LogP) is 4.24. The van der Waals surface area contributed by atoms with Gasteiger partial charge in [0.1, 0.15) is 11.6 Å². The summed E-state index contributed by atoms with van der Waals surface area (Å²) in [6.45, 7) is 1.92. The average molecular weight is 417 g/mol. The maximum atomic E-state index is 13.5. The van der Waals surface area contributed by atoms with E-state index in [9.17, 15) is 8.78 Å². The zero-order valence-corrected chi connectivity index (χ0v) is 17.0. The second kappa shape index (κ2) is 7.26. The molecule has 0 aliphatic heterocycles. The van der Waals surface area contributed by atoms with Crippen LogP contribution in [0.4, 0.5) is 20.4 Å². The van der Waals surface area contributed by atoms with E-state index < -0.39 is 5.92 Å². The third-order valence-corrected chi connectivity index (χ3v) is 6.21. The van der Waals surface area contributed by atoms with Gasteiger partial charge in [-0.2, -0.15) is 10.2 Å². The Morgan fingerprint density at radius 1 is 1.20 bits per heavy atom. The van der Waals surface area contributed by atoms with Gasteiger partial charge in [-0.3, -0.25) is 5.10 Å². The Balaban J connectivity index is 1.52. The predicted molar refractivity (Wildman–Crippen MR) is 107 cm³/mol. The molecular formula is C20H25F2N7O. The Labute approximate surface area is 172 Å². The van der Waals surface area contributed by atoms with Gasteiger partial charge in [-0.15, -0.1) is 0 Å². The number of nitrogens with one attached hydrogen (secondary N) is 2. The topological polar surface area (TPSA) is 93.5 Å². The Morgan fingerprint density at radius 2 is 1.97 bits per heavy atom. The van der Waals surface area contributed by atoms with Gasteiger partial charge < -0.3 is 10.1 Å². The van der Waals surface area contributed by atoms with Crippen LogP contribution in [0.1, 0.15) is 62.0 Å². The van der Waals surface area contributed by atoms with Crippen LogP contribution in [-0.4, -0.2) is 49.1 Å². The van der Waals surface area contributed by atoms with Crippen molar-refractivity contribution in [3.63, 3.8) is 0 Å². The Morgan fingerprint density at radius 3 is 2.60 bits per heavy atom. The minimum Gasteiger partial charge on any atom is -0.381 e. The first-order valence-electron chi connectivity index (χ1n) is 10.4. The van der Waals surface area contributed by atoms with E-state index in [4.69, 9.17) is 14.7 Å². The second-order valence-corrected chi connectivity index (χ2v) is 8.45. The molecule has 5 rings (SSSR count). The van der Waals surface area contributed by atoms with Crippen LogP contribution in [0, 0.1) is 6.92 Å². The van der Waals surface area contributed by atoms with Crippen LogP contribution in [0.3, 0.4) is 0 Å². The van der Waals surface area contributed by atoms with Gasteiger partial charge in [-0.25, -0.2) is 23.4 Å². The zero-order chi connectivity index (χ0) is 20.9. The van der Waals surface area contributed by atoms with Gasteiger partial charge in [-0.05, 0) is 32.6 Å². The molecule has 160 valence electrons. The lowest BCUT2D eigenvalue weighted by molar-refractivity contribution is -0.106. The number of alkyl halides is 2. The molecule has 3 heterocycles. The SMILES string of the molecule is CO[C@H]1CC[C@@H](c2nc(Nc3cc(C)[nH]n3)c3cnn(C4CC(F)(F)C4)c3n2)CC1. The van der Waals surface area contributed by atoms with Crippen molar-refractivity contribution in [1.29, 1.82) is 0 Å². The van der Waals surface area contributed by atoms with Crippen molar-refractivity contribution in [2.75, 3.05) is 12.4 Å². The summed E-state index contributed by atoms with van der Waals surface area (Å²) in [6, 6.07) is 1.54. The van der Waals surface area contributed by atoms with E-state index >= 15 is 0 Å². The Bertz CT molecular complexity index is 1050. The number of ether oxygens (including phenoxy) is 1. The quantitative estimate of drug-likeness (QED) is 0.645. The largest absolute Gasteiger partial charge is 0.381 e. The van der Waals surface area contributed by atoms with E-state index in [1.165, 1.54) is 0 Å². The number of anilines is 2. The lowest BCUT2D eigenvalue weighted by Gasteiger charge is -2.35. The molecule has 0 aromatic carbocycles. The molecule has 3 aromatic heterocycles. The summed E-state index contributed by atoms with van der Waals surface area (Å²) in [5, 5.41) is 15.5. The lowest BCUT2D eigenvalue weighted by atomic mass is 9.86. The van der Waals surface area contributed by atoms with Crippen molar-refractivity contribution in [3.8, 4) is 0 Å². The van der Waals surface area contributed by atoms with Gasteiger partial charge in [0.15, 0.2) is 11.5 Å². The van der Waals surface area contributed by atoms with E-state index in [2.05, 4.69) is 20.6 Å². The summed E-state index contributed by atoms with van der Waals surface area (Å²) >= 11 is 0. The van der Waals surface area contributed by atoms with Crippen molar-refractivity contribution in [2.45, 2.75) is 69.4 Å². The molecule has 8 nitrogen and oxygen atoms in total. The molecule has 0 spiro atoms.